The van der Waals surface area contributed by atoms with E-state index in [-0.39, 0.29) is 18.1 Å². The molecule has 3 aromatic rings. The van der Waals surface area contributed by atoms with Gasteiger partial charge in [-0.05, 0) is 67.8 Å². The van der Waals surface area contributed by atoms with Gasteiger partial charge < -0.3 is 5.32 Å². The predicted molar refractivity (Wildman–Crippen MR) is 109 cm³/mol. The van der Waals surface area contributed by atoms with Crippen LogP contribution in [0.25, 0.3) is 0 Å². The Bertz CT molecular complexity index is 999. The fourth-order valence-electron chi connectivity index (χ4n) is 3.66. The van der Waals surface area contributed by atoms with Crippen LogP contribution in [0.5, 0.6) is 0 Å². The molecule has 0 fully saturated rings. The van der Waals surface area contributed by atoms with Gasteiger partial charge >= 0.3 is 0 Å². The lowest BCUT2D eigenvalue weighted by Crippen LogP contribution is -2.41. The third kappa shape index (κ3) is 4.65. The van der Waals surface area contributed by atoms with Gasteiger partial charge in [-0.1, -0.05) is 11.6 Å². The molecule has 0 saturated carbocycles. The van der Waals surface area contributed by atoms with E-state index in [0.717, 1.165) is 49.6 Å². The number of hydrogen-bond donors (Lipinski definition) is 1. The first-order valence-electron chi connectivity index (χ1n) is 9.87. The SMILES string of the molecule is O=C(Cn1nc(CNc2ccc(F)cc2)[n+]2c1CCCCC2)c1ccc(Cl)cc1. The third-order valence-electron chi connectivity index (χ3n) is 5.19. The van der Waals surface area contributed by atoms with Gasteiger partial charge in [0, 0.05) is 27.8 Å². The van der Waals surface area contributed by atoms with E-state index in [1.807, 2.05) is 4.68 Å². The maximum Gasteiger partial charge on any atom is 0.296 e. The topological polar surface area (TPSA) is 50.8 Å². The number of rotatable bonds is 6. The summed E-state index contributed by atoms with van der Waals surface area (Å²) in [6.45, 7) is 1.61. The molecule has 2 heterocycles. The average molecular weight is 414 g/mol. The van der Waals surface area contributed by atoms with Crippen LogP contribution in [0.15, 0.2) is 48.5 Å². The minimum absolute atomic E-state index is 0.00913. The summed E-state index contributed by atoms with van der Waals surface area (Å²) >= 11 is 5.93. The maximum atomic E-state index is 13.1. The second-order valence-corrected chi connectivity index (χ2v) is 7.68. The molecule has 0 radical (unpaired) electrons. The van der Waals surface area contributed by atoms with Crippen LogP contribution < -0.4 is 9.88 Å². The monoisotopic (exact) mass is 413 g/mol. The number of nitrogens with one attached hydrogen (secondary N) is 1. The number of carbonyl (C=O) groups is 1. The van der Waals surface area contributed by atoms with E-state index in [1.54, 1.807) is 36.4 Å². The number of benzene rings is 2. The number of nitrogens with zero attached hydrogens (tertiary/aromatic N) is 3. The number of carbonyl (C=O) groups excluding carboxylic acids is 1. The molecule has 0 unspecified atom stereocenters. The number of aromatic nitrogens is 3. The second-order valence-electron chi connectivity index (χ2n) is 7.24. The quantitative estimate of drug-likeness (QED) is 0.487. The van der Waals surface area contributed by atoms with E-state index in [1.165, 1.54) is 12.1 Å². The molecule has 150 valence electrons. The lowest BCUT2D eigenvalue weighted by molar-refractivity contribution is -0.710. The molecule has 0 aliphatic carbocycles. The van der Waals surface area contributed by atoms with Crippen molar-refractivity contribution in [3.8, 4) is 0 Å². The van der Waals surface area contributed by atoms with Crippen molar-refractivity contribution >= 4 is 23.1 Å². The minimum atomic E-state index is -0.260. The van der Waals surface area contributed by atoms with E-state index in [9.17, 15) is 9.18 Å². The summed E-state index contributed by atoms with van der Waals surface area (Å²) in [6, 6.07) is 13.2. The van der Waals surface area contributed by atoms with Crippen molar-refractivity contribution in [2.24, 2.45) is 0 Å². The Morgan fingerprint density at radius 1 is 1.10 bits per heavy atom. The minimum Gasteiger partial charge on any atom is -0.375 e. The molecule has 0 bridgehead atoms. The van der Waals surface area contributed by atoms with Crippen molar-refractivity contribution in [1.29, 1.82) is 0 Å². The Labute approximate surface area is 174 Å². The molecule has 5 nitrogen and oxygen atoms in total. The number of hydrogen-bond acceptors (Lipinski definition) is 3. The first-order chi connectivity index (χ1) is 14.1. The number of anilines is 1. The van der Waals surface area contributed by atoms with Gasteiger partial charge in [-0.3, -0.25) is 4.79 Å². The van der Waals surface area contributed by atoms with Crippen molar-refractivity contribution < 1.29 is 13.8 Å². The van der Waals surface area contributed by atoms with Gasteiger partial charge in [-0.2, -0.15) is 0 Å². The van der Waals surface area contributed by atoms with Crippen LogP contribution in [-0.4, -0.2) is 15.6 Å². The third-order valence-corrected chi connectivity index (χ3v) is 5.45. The highest BCUT2D eigenvalue weighted by Crippen LogP contribution is 2.15. The Balaban J connectivity index is 1.56. The Morgan fingerprint density at radius 3 is 2.62 bits per heavy atom. The van der Waals surface area contributed by atoms with E-state index in [0.29, 0.717) is 17.1 Å². The van der Waals surface area contributed by atoms with Gasteiger partial charge in [-0.25, -0.2) is 8.96 Å². The van der Waals surface area contributed by atoms with Crippen molar-refractivity contribution in [3.05, 3.63) is 76.6 Å². The molecule has 0 saturated heterocycles. The lowest BCUT2D eigenvalue weighted by atomic mass is 10.1. The Kier molecular flexibility index (Phi) is 5.90. The first kappa shape index (κ1) is 19.6. The summed E-state index contributed by atoms with van der Waals surface area (Å²) in [4.78, 5) is 12.8. The summed E-state index contributed by atoms with van der Waals surface area (Å²) in [7, 11) is 0. The zero-order valence-corrected chi connectivity index (χ0v) is 16.8. The van der Waals surface area contributed by atoms with Gasteiger partial charge in [0.15, 0.2) is 12.3 Å². The standard InChI is InChI=1S/C22H23ClFN4O/c23-17-7-5-16(6-8-17)20(29)15-28-22-4-2-1-3-13-27(22)21(26-28)14-25-19-11-9-18(24)10-12-19/h5-12,25H,1-4,13-15H2/q+1. The van der Waals surface area contributed by atoms with Crippen LogP contribution in [0.3, 0.4) is 0 Å². The van der Waals surface area contributed by atoms with Crippen LogP contribution >= 0.6 is 11.6 Å². The van der Waals surface area contributed by atoms with Crippen molar-refractivity contribution in [1.82, 2.24) is 9.78 Å². The first-order valence-corrected chi connectivity index (χ1v) is 10.2. The van der Waals surface area contributed by atoms with Crippen LogP contribution in [-0.2, 0) is 26.1 Å². The van der Waals surface area contributed by atoms with E-state index in [4.69, 9.17) is 16.7 Å². The number of halogens is 2. The highest BCUT2D eigenvalue weighted by Gasteiger charge is 2.28. The fraction of sp³-hybridized carbons (Fsp3) is 0.318. The largest absolute Gasteiger partial charge is 0.375 e. The van der Waals surface area contributed by atoms with Crippen LogP contribution in [0.1, 0.15) is 41.3 Å². The number of fused-ring (bicyclic) bond motifs is 1. The summed E-state index contributed by atoms with van der Waals surface area (Å²) in [5.41, 5.74) is 1.46. The molecule has 7 heteroatoms. The van der Waals surface area contributed by atoms with Crippen molar-refractivity contribution in [2.75, 3.05) is 5.32 Å². The summed E-state index contributed by atoms with van der Waals surface area (Å²) < 4.78 is 17.2. The molecule has 2 aromatic carbocycles. The Morgan fingerprint density at radius 2 is 1.86 bits per heavy atom. The smallest absolute Gasteiger partial charge is 0.296 e. The summed E-state index contributed by atoms with van der Waals surface area (Å²) in [6.07, 6.45) is 4.25. The van der Waals surface area contributed by atoms with Gasteiger partial charge in [0.25, 0.3) is 5.82 Å². The van der Waals surface area contributed by atoms with Gasteiger partial charge in [-0.15, -0.1) is 4.68 Å². The highest BCUT2D eigenvalue weighted by atomic mass is 35.5. The Hall–Kier alpha value is -2.73. The van der Waals surface area contributed by atoms with Gasteiger partial charge in [0.05, 0.1) is 6.54 Å². The maximum absolute atomic E-state index is 13.1. The predicted octanol–water partition coefficient (Wildman–Crippen LogP) is 4.18. The number of Topliss-reactive ketones (excluding diaryl/α,β-unsaturated/α-hetero) is 1. The molecular formula is C22H23ClFN4O+. The molecule has 4 rings (SSSR count). The summed E-state index contributed by atoms with van der Waals surface area (Å²) in [5.74, 6) is 1.72. The van der Waals surface area contributed by atoms with Gasteiger partial charge in [0.1, 0.15) is 12.4 Å². The molecular weight excluding hydrogens is 391 g/mol. The zero-order valence-electron chi connectivity index (χ0n) is 16.1. The zero-order chi connectivity index (χ0) is 20.2. The van der Waals surface area contributed by atoms with E-state index >= 15 is 0 Å². The fourth-order valence-corrected chi connectivity index (χ4v) is 3.79. The van der Waals surface area contributed by atoms with Crippen LogP contribution in [0, 0.1) is 5.82 Å². The molecule has 1 N–H and O–H groups in total. The normalized spacial score (nSPS) is 13.6. The molecule has 1 aliphatic rings. The van der Waals surface area contributed by atoms with Crippen molar-refractivity contribution in [2.45, 2.75) is 45.3 Å². The molecule has 29 heavy (non-hydrogen) atoms. The summed E-state index contributed by atoms with van der Waals surface area (Å²) in [5, 5.41) is 8.66. The van der Waals surface area contributed by atoms with Crippen molar-refractivity contribution in [3.63, 3.8) is 0 Å². The van der Waals surface area contributed by atoms with Crippen LogP contribution in [0.4, 0.5) is 10.1 Å². The average Bonchev–Trinajstić information content (AvgIpc) is 2.89. The molecule has 0 spiro atoms. The highest BCUT2D eigenvalue weighted by molar-refractivity contribution is 6.30. The molecule has 0 amide bonds. The molecule has 1 aromatic heterocycles. The molecule has 1 aliphatic heterocycles. The lowest BCUT2D eigenvalue weighted by Gasteiger charge is -2.04. The molecule has 0 atom stereocenters. The van der Waals surface area contributed by atoms with E-state index in [2.05, 4.69) is 9.88 Å². The number of ketones is 1. The second kappa shape index (κ2) is 8.74. The van der Waals surface area contributed by atoms with Crippen LogP contribution in [0.2, 0.25) is 5.02 Å². The van der Waals surface area contributed by atoms with Gasteiger partial charge in [0.2, 0.25) is 5.82 Å². The van der Waals surface area contributed by atoms with E-state index < -0.39 is 0 Å².